The van der Waals surface area contributed by atoms with E-state index in [1.54, 1.807) is 0 Å². The Labute approximate surface area is 142 Å². The number of amides is 1. The molecule has 4 rings (SSSR count). The largest absolute Gasteiger partial charge is 0.439 e. The molecule has 0 bridgehead atoms. The predicted molar refractivity (Wildman–Crippen MR) is 90.9 cm³/mol. The van der Waals surface area contributed by atoms with Crippen LogP contribution in [0.15, 0.2) is 35.3 Å². The molecule has 1 aromatic rings. The summed E-state index contributed by atoms with van der Waals surface area (Å²) in [5.41, 5.74) is 7.55. The molecule has 1 aromatic carbocycles. The molecule has 24 heavy (non-hydrogen) atoms. The maximum atomic E-state index is 12.6. The molecule has 2 unspecified atom stereocenters. The van der Waals surface area contributed by atoms with Crippen molar-refractivity contribution >= 4 is 11.9 Å². The number of piperidine rings is 1. The molecule has 2 aliphatic heterocycles. The van der Waals surface area contributed by atoms with Crippen LogP contribution in [-0.2, 0) is 9.53 Å². The third-order valence-corrected chi connectivity index (χ3v) is 5.40. The van der Waals surface area contributed by atoms with Gasteiger partial charge in [0.2, 0.25) is 5.91 Å². The van der Waals surface area contributed by atoms with E-state index in [4.69, 9.17) is 4.74 Å². The summed E-state index contributed by atoms with van der Waals surface area (Å²) in [6.07, 6.45) is 4.70. The molecular formula is C18H24N4O2. The second-order valence-corrected chi connectivity index (χ2v) is 7.11. The lowest BCUT2D eigenvalue weighted by Crippen LogP contribution is -2.43. The Morgan fingerprint density at radius 2 is 1.96 bits per heavy atom. The highest BCUT2D eigenvalue weighted by molar-refractivity contribution is 5.85. The average Bonchev–Trinajstić information content (AvgIpc) is 3.20. The molecule has 1 spiro atoms. The summed E-state index contributed by atoms with van der Waals surface area (Å²) < 4.78 is 5.76. The van der Waals surface area contributed by atoms with E-state index in [9.17, 15) is 4.79 Å². The van der Waals surface area contributed by atoms with Gasteiger partial charge in [-0.1, -0.05) is 30.3 Å². The minimum absolute atomic E-state index is 0.0894. The Hall–Kier alpha value is -2.08. The Morgan fingerprint density at radius 1 is 1.25 bits per heavy atom. The zero-order valence-electron chi connectivity index (χ0n) is 14.0. The quantitative estimate of drug-likeness (QED) is 0.890. The summed E-state index contributed by atoms with van der Waals surface area (Å²) >= 11 is 0. The maximum Gasteiger partial charge on any atom is 0.302 e. The topological polar surface area (TPSA) is 66.0 Å². The number of benzene rings is 1. The van der Waals surface area contributed by atoms with Crippen LogP contribution < -0.4 is 10.9 Å². The van der Waals surface area contributed by atoms with Crippen LogP contribution in [0.1, 0.15) is 44.4 Å². The van der Waals surface area contributed by atoms with Gasteiger partial charge in [-0.3, -0.25) is 10.2 Å². The van der Waals surface area contributed by atoms with E-state index in [0.29, 0.717) is 11.4 Å². The molecule has 0 radical (unpaired) electrons. The number of nitrogens with one attached hydrogen (secondary N) is 2. The highest BCUT2D eigenvalue weighted by Crippen LogP contribution is 2.53. The second-order valence-electron chi connectivity index (χ2n) is 7.11. The summed E-state index contributed by atoms with van der Waals surface area (Å²) in [4.78, 5) is 18.9. The summed E-state index contributed by atoms with van der Waals surface area (Å²) in [6.45, 7) is 3.57. The zero-order chi connectivity index (χ0) is 16.6. The SMILES string of the molecule is CC(N=C1NNC(c2ccccc2)O1)C(=O)N1CCC2(CC1)CC2. The van der Waals surface area contributed by atoms with E-state index in [1.807, 2.05) is 42.2 Å². The fourth-order valence-corrected chi connectivity index (χ4v) is 3.51. The van der Waals surface area contributed by atoms with Crippen molar-refractivity contribution in [3.8, 4) is 0 Å². The number of likely N-dealkylation sites (tertiary alicyclic amines) is 1. The van der Waals surface area contributed by atoms with E-state index >= 15 is 0 Å². The van der Waals surface area contributed by atoms with Gasteiger partial charge in [0.05, 0.1) is 0 Å². The van der Waals surface area contributed by atoms with Gasteiger partial charge < -0.3 is 9.64 Å². The molecule has 2 saturated heterocycles. The van der Waals surface area contributed by atoms with Crippen molar-refractivity contribution in [3.63, 3.8) is 0 Å². The number of amidine groups is 1. The molecule has 2 heterocycles. The molecule has 128 valence electrons. The molecular weight excluding hydrogens is 304 g/mol. The van der Waals surface area contributed by atoms with Crippen LogP contribution in [0.5, 0.6) is 0 Å². The second kappa shape index (κ2) is 6.09. The van der Waals surface area contributed by atoms with Crippen molar-refractivity contribution in [2.45, 2.75) is 44.9 Å². The first-order valence-electron chi connectivity index (χ1n) is 8.75. The first-order valence-corrected chi connectivity index (χ1v) is 8.75. The molecule has 2 atom stereocenters. The smallest absolute Gasteiger partial charge is 0.302 e. The number of carbonyl (C=O) groups is 1. The Bertz CT molecular complexity index is 632. The lowest BCUT2D eigenvalue weighted by Gasteiger charge is -2.33. The standard InChI is InChI=1S/C18H24N4O2/c1-13(16(23)22-11-9-18(7-8-18)10-12-22)19-17-21-20-15(24-17)14-5-3-2-4-6-14/h2-6,13,15,20H,7-12H2,1H3,(H,19,21). The van der Waals surface area contributed by atoms with Crippen molar-refractivity contribution in [2.24, 2.45) is 10.4 Å². The Balaban J connectivity index is 1.34. The molecule has 2 N–H and O–H groups in total. The lowest BCUT2D eigenvalue weighted by atomic mass is 9.93. The lowest BCUT2D eigenvalue weighted by molar-refractivity contribution is -0.133. The fraction of sp³-hybridized carbons (Fsp3) is 0.556. The highest BCUT2D eigenvalue weighted by Gasteiger charge is 2.45. The first-order chi connectivity index (χ1) is 11.7. The van der Waals surface area contributed by atoms with E-state index in [1.165, 1.54) is 12.8 Å². The number of hydrogen-bond donors (Lipinski definition) is 2. The number of ether oxygens (including phenoxy) is 1. The molecule has 0 aromatic heterocycles. The van der Waals surface area contributed by atoms with E-state index < -0.39 is 6.04 Å². The minimum Gasteiger partial charge on any atom is -0.439 e. The fourth-order valence-electron chi connectivity index (χ4n) is 3.51. The third-order valence-electron chi connectivity index (χ3n) is 5.40. The molecule has 3 fully saturated rings. The zero-order valence-corrected chi connectivity index (χ0v) is 14.0. The van der Waals surface area contributed by atoms with Crippen LogP contribution in [0, 0.1) is 5.41 Å². The summed E-state index contributed by atoms with van der Waals surface area (Å²) in [7, 11) is 0. The monoisotopic (exact) mass is 328 g/mol. The van der Waals surface area contributed by atoms with Crippen LogP contribution in [0.3, 0.4) is 0 Å². The number of hydrogen-bond acceptors (Lipinski definition) is 4. The number of rotatable bonds is 3. The van der Waals surface area contributed by atoms with Crippen LogP contribution in [0.2, 0.25) is 0 Å². The van der Waals surface area contributed by atoms with Gasteiger partial charge in [0.25, 0.3) is 0 Å². The summed E-state index contributed by atoms with van der Waals surface area (Å²) in [5.74, 6) is 0.0894. The average molecular weight is 328 g/mol. The van der Waals surface area contributed by atoms with E-state index in [0.717, 1.165) is 31.5 Å². The van der Waals surface area contributed by atoms with Crippen LogP contribution >= 0.6 is 0 Å². The summed E-state index contributed by atoms with van der Waals surface area (Å²) in [5, 5.41) is 0. The molecule has 3 aliphatic rings. The Morgan fingerprint density at radius 3 is 2.62 bits per heavy atom. The van der Waals surface area contributed by atoms with Gasteiger partial charge >= 0.3 is 6.02 Å². The molecule has 1 amide bonds. The van der Waals surface area contributed by atoms with Gasteiger partial charge in [-0.2, -0.15) is 5.43 Å². The minimum atomic E-state index is -0.433. The van der Waals surface area contributed by atoms with E-state index in [2.05, 4.69) is 15.8 Å². The van der Waals surface area contributed by atoms with Gasteiger partial charge in [-0.25, -0.2) is 4.99 Å². The van der Waals surface area contributed by atoms with Gasteiger partial charge in [-0.15, -0.1) is 0 Å². The van der Waals surface area contributed by atoms with E-state index in [-0.39, 0.29) is 12.1 Å². The van der Waals surface area contributed by atoms with Crippen LogP contribution in [0.4, 0.5) is 0 Å². The maximum absolute atomic E-state index is 12.6. The number of aliphatic imine (C=N–C) groups is 1. The van der Waals surface area contributed by atoms with Crippen molar-refractivity contribution in [3.05, 3.63) is 35.9 Å². The van der Waals surface area contributed by atoms with Gasteiger partial charge in [0, 0.05) is 18.7 Å². The molecule has 1 saturated carbocycles. The summed E-state index contributed by atoms with van der Waals surface area (Å²) in [6, 6.07) is 9.80. The van der Waals surface area contributed by atoms with Crippen molar-refractivity contribution in [1.82, 2.24) is 15.8 Å². The van der Waals surface area contributed by atoms with Crippen LogP contribution in [0.25, 0.3) is 0 Å². The number of nitrogens with zero attached hydrogens (tertiary/aromatic N) is 2. The van der Waals surface area contributed by atoms with Crippen molar-refractivity contribution in [1.29, 1.82) is 0 Å². The Kier molecular flexibility index (Phi) is 3.92. The normalized spacial score (nSPS) is 27.6. The highest BCUT2D eigenvalue weighted by atomic mass is 16.5. The number of carbonyl (C=O) groups excluding carboxylic acids is 1. The van der Waals surface area contributed by atoms with Crippen LogP contribution in [-0.4, -0.2) is 36.0 Å². The number of hydrazine groups is 1. The van der Waals surface area contributed by atoms with Gasteiger partial charge in [0.15, 0.2) is 6.23 Å². The van der Waals surface area contributed by atoms with Gasteiger partial charge in [-0.05, 0) is 38.0 Å². The molecule has 6 heteroatoms. The molecule has 1 aliphatic carbocycles. The van der Waals surface area contributed by atoms with Gasteiger partial charge in [0.1, 0.15) is 6.04 Å². The van der Waals surface area contributed by atoms with Crippen molar-refractivity contribution in [2.75, 3.05) is 13.1 Å². The first kappa shape index (κ1) is 15.4. The molecule has 6 nitrogen and oxygen atoms in total. The van der Waals surface area contributed by atoms with Crippen molar-refractivity contribution < 1.29 is 9.53 Å². The predicted octanol–water partition coefficient (Wildman–Crippen LogP) is 1.96. The third kappa shape index (κ3) is 3.11.